The molecule has 2 unspecified atom stereocenters. The number of pyridine rings is 1. The maximum Gasteiger partial charge on any atom is 0.164 e. The molecule has 3 aromatic heterocycles. The Hall–Kier alpha value is -7.18. The molecule has 6 aromatic carbocycles. The van der Waals surface area contributed by atoms with E-state index in [2.05, 4.69) is 97.1 Å². The van der Waals surface area contributed by atoms with Gasteiger partial charge in [-0.1, -0.05) is 146 Å². The van der Waals surface area contributed by atoms with Crippen molar-refractivity contribution >= 4 is 32.8 Å². The molecule has 1 aliphatic carbocycles. The zero-order chi connectivity index (χ0) is 35.6. The summed E-state index contributed by atoms with van der Waals surface area (Å²) in [5.41, 5.74) is 10.4. The minimum absolute atomic E-state index is 0.0342. The molecule has 0 amide bonds. The number of hydrogen-bond acceptors (Lipinski definition) is 6. The van der Waals surface area contributed by atoms with Crippen molar-refractivity contribution in [2.24, 2.45) is 0 Å². The summed E-state index contributed by atoms with van der Waals surface area (Å²) in [4.78, 5) is 20.4. The summed E-state index contributed by atoms with van der Waals surface area (Å²) in [6.07, 6.45) is 8.55. The van der Waals surface area contributed by atoms with Crippen molar-refractivity contribution < 1.29 is 9.15 Å². The van der Waals surface area contributed by atoms with E-state index in [-0.39, 0.29) is 12.0 Å². The molecule has 2 aliphatic rings. The Labute approximate surface area is 310 Å². The lowest BCUT2D eigenvalue weighted by molar-refractivity contribution is 0.270. The summed E-state index contributed by atoms with van der Waals surface area (Å²) in [6.45, 7) is 0. The van der Waals surface area contributed by atoms with E-state index in [9.17, 15) is 0 Å². The van der Waals surface area contributed by atoms with E-state index in [1.807, 2.05) is 72.8 Å². The quantitative estimate of drug-likeness (QED) is 0.179. The fourth-order valence-corrected chi connectivity index (χ4v) is 7.85. The fourth-order valence-electron chi connectivity index (χ4n) is 7.85. The normalized spacial score (nSPS) is 15.8. The van der Waals surface area contributed by atoms with Crippen molar-refractivity contribution in [2.75, 3.05) is 0 Å². The summed E-state index contributed by atoms with van der Waals surface area (Å²) < 4.78 is 12.8. The lowest BCUT2D eigenvalue weighted by Gasteiger charge is -2.14. The second kappa shape index (κ2) is 12.2. The smallest absolute Gasteiger partial charge is 0.164 e. The molecule has 0 saturated heterocycles. The minimum Gasteiger partial charge on any atom is -0.484 e. The third-order valence-electron chi connectivity index (χ3n) is 10.5. The van der Waals surface area contributed by atoms with Crippen LogP contribution in [0.5, 0.6) is 5.75 Å². The Morgan fingerprint density at radius 2 is 1.09 bits per heavy atom. The van der Waals surface area contributed by atoms with Crippen LogP contribution >= 0.6 is 0 Å². The molecular weight excluding hydrogens is 665 g/mol. The van der Waals surface area contributed by atoms with Gasteiger partial charge in [0.25, 0.3) is 0 Å². The Morgan fingerprint density at radius 1 is 0.463 bits per heavy atom. The van der Waals surface area contributed by atoms with E-state index >= 15 is 0 Å². The number of nitrogens with zero attached hydrogens (tertiary/aromatic N) is 4. The molecule has 0 fully saturated rings. The van der Waals surface area contributed by atoms with Gasteiger partial charge >= 0.3 is 0 Å². The Balaban J connectivity index is 1.02. The molecule has 0 saturated carbocycles. The second-order valence-electron chi connectivity index (χ2n) is 13.7. The molecule has 4 heterocycles. The molecule has 254 valence electrons. The first-order valence-electron chi connectivity index (χ1n) is 18.1. The lowest BCUT2D eigenvalue weighted by atomic mass is 9.90. The van der Waals surface area contributed by atoms with Crippen molar-refractivity contribution in [3.63, 3.8) is 0 Å². The molecule has 0 bridgehead atoms. The van der Waals surface area contributed by atoms with Crippen molar-refractivity contribution in [1.29, 1.82) is 0 Å². The monoisotopic (exact) mass is 694 g/mol. The van der Waals surface area contributed by atoms with Gasteiger partial charge in [-0.15, -0.1) is 0 Å². The zero-order valence-corrected chi connectivity index (χ0v) is 28.9. The average molecular weight is 695 g/mol. The maximum atomic E-state index is 6.46. The lowest BCUT2D eigenvalue weighted by Crippen LogP contribution is -2.15. The van der Waals surface area contributed by atoms with Crippen molar-refractivity contribution in [3.05, 3.63) is 175 Å². The van der Waals surface area contributed by atoms with E-state index in [1.54, 1.807) is 0 Å². The molecule has 0 spiro atoms. The Kier molecular flexibility index (Phi) is 6.89. The van der Waals surface area contributed by atoms with Gasteiger partial charge in [0.15, 0.2) is 23.1 Å². The highest BCUT2D eigenvalue weighted by molar-refractivity contribution is 6.16. The van der Waals surface area contributed by atoms with Gasteiger partial charge in [0, 0.05) is 55.5 Å². The molecule has 1 aliphatic heterocycles. The number of para-hydroxylation sites is 2. The number of hydrogen-bond donors (Lipinski definition) is 0. The summed E-state index contributed by atoms with van der Waals surface area (Å²) in [6, 6.07) is 49.6. The van der Waals surface area contributed by atoms with Gasteiger partial charge in [-0.3, -0.25) is 0 Å². The Morgan fingerprint density at radius 3 is 1.93 bits per heavy atom. The van der Waals surface area contributed by atoms with E-state index in [1.165, 1.54) is 5.56 Å². The molecule has 2 atom stereocenters. The van der Waals surface area contributed by atoms with Gasteiger partial charge in [0.1, 0.15) is 23.0 Å². The van der Waals surface area contributed by atoms with Crippen LogP contribution in [0.1, 0.15) is 11.5 Å². The number of aromatic nitrogens is 4. The molecule has 6 heteroatoms. The molecule has 54 heavy (non-hydrogen) atoms. The first-order chi connectivity index (χ1) is 26.7. The predicted molar refractivity (Wildman–Crippen MR) is 215 cm³/mol. The van der Waals surface area contributed by atoms with E-state index in [0.717, 1.165) is 77.7 Å². The molecule has 0 radical (unpaired) electrons. The van der Waals surface area contributed by atoms with Crippen LogP contribution in [0, 0.1) is 0 Å². The van der Waals surface area contributed by atoms with Crippen LogP contribution in [0.15, 0.2) is 174 Å². The van der Waals surface area contributed by atoms with Gasteiger partial charge in [-0.05, 0) is 29.8 Å². The number of rotatable bonds is 5. The molecular formula is C48H30N4O2. The van der Waals surface area contributed by atoms with E-state index in [4.69, 9.17) is 29.1 Å². The van der Waals surface area contributed by atoms with Crippen LogP contribution in [0.25, 0.3) is 89.4 Å². The van der Waals surface area contributed by atoms with Gasteiger partial charge in [-0.2, -0.15) is 0 Å². The zero-order valence-electron chi connectivity index (χ0n) is 28.9. The molecule has 11 rings (SSSR count). The number of ether oxygens (including phenoxy) is 1. The Bertz CT molecular complexity index is 2980. The topological polar surface area (TPSA) is 73.9 Å². The minimum atomic E-state index is 0.0342. The summed E-state index contributed by atoms with van der Waals surface area (Å²) in [7, 11) is 0. The van der Waals surface area contributed by atoms with E-state index in [0.29, 0.717) is 17.5 Å². The van der Waals surface area contributed by atoms with Gasteiger partial charge in [0.2, 0.25) is 0 Å². The van der Waals surface area contributed by atoms with Crippen molar-refractivity contribution in [2.45, 2.75) is 12.0 Å². The third-order valence-corrected chi connectivity index (χ3v) is 10.5. The van der Waals surface area contributed by atoms with Crippen LogP contribution in [0.2, 0.25) is 0 Å². The average Bonchev–Trinajstić information content (AvgIpc) is 3.83. The number of allylic oxidation sites excluding steroid dienone is 2. The SMILES string of the molecule is C1=CC2Oc3c(-c4ccc(-c5nc(-c6ccccc6)nc(-c6cccc(-c7nc8c9ccccc9oc8c8ccccc78)c6)n5)cc4)cccc3C2C=C1. The predicted octanol–water partition coefficient (Wildman–Crippen LogP) is 11.6. The van der Waals surface area contributed by atoms with Crippen LogP contribution in [-0.2, 0) is 0 Å². The largest absolute Gasteiger partial charge is 0.484 e. The van der Waals surface area contributed by atoms with Gasteiger partial charge < -0.3 is 9.15 Å². The summed E-state index contributed by atoms with van der Waals surface area (Å²) >= 11 is 0. The number of furan rings is 1. The number of benzene rings is 6. The highest BCUT2D eigenvalue weighted by atomic mass is 16.5. The fraction of sp³-hybridized carbons (Fsp3) is 0.0417. The highest BCUT2D eigenvalue weighted by Crippen LogP contribution is 2.46. The van der Waals surface area contributed by atoms with Crippen molar-refractivity contribution in [3.8, 4) is 62.3 Å². The van der Waals surface area contributed by atoms with Gasteiger partial charge in [-0.25, -0.2) is 19.9 Å². The first kappa shape index (κ1) is 30.4. The maximum absolute atomic E-state index is 6.46. The second-order valence-corrected chi connectivity index (χ2v) is 13.7. The van der Waals surface area contributed by atoms with Crippen molar-refractivity contribution in [1.82, 2.24) is 19.9 Å². The first-order valence-corrected chi connectivity index (χ1v) is 18.1. The molecule has 6 nitrogen and oxygen atoms in total. The van der Waals surface area contributed by atoms with Gasteiger partial charge in [0.05, 0.1) is 5.69 Å². The van der Waals surface area contributed by atoms with E-state index < -0.39 is 0 Å². The van der Waals surface area contributed by atoms with Crippen LogP contribution in [-0.4, -0.2) is 26.0 Å². The molecule has 9 aromatic rings. The standard InChI is InChI=1S/C48H30N4O2/c1-2-12-30(13-3-1)46-50-47(31-26-24-29(25-27-31)34-20-11-21-37-35-16-6-8-22-40(35)53-44(34)37)52-48(51-46)33-15-10-14-32(28-33)42-36-17-4-5-18-38(36)45-43(49-42)39-19-7-9-23-41(39)54-45/h1-28,35,40H. The third kappa shape index (κ3) is 4.95. The summed E-state index contributed by atoms with van der Waals surface area (Å²) in [5, 5.41) is 3.03. The molecule has 0 N–H and O–H groups in total. The number of fused-ring (bicyclic) bond motifs is 8. The van der Waals surface area contributed by atoms with Crippen LogP contribution in [0.3, 0.4) is 0 Å². The summed E-state index contributed by atoms with van der Waals surface area (Å²) in [5.74, 6) is 2.99. The van der Waals surface area contributed by atoms with Crippen LogP contribution < -0.4 is 4.74 Å². The van der Waals surface area contributed by atoms with Crippen LogP contribution in [0.4, 0.5) is 0 Å². The highest BCUT2D eigenvalue weighted by Gasteiger charge is 2.33.